The molecule has 0 amide bonds. The van der Waals surface area contributed by atoms with Crippen molar-refractivity contribution in [3.63, 3.8) is 0 Å². The number of alkyl halides is 2. The number of rotatable bonds is 0. The van der Waals surface area contributed by atoms with Gasteiger partial charge in [-0.2, -0.15) is 19.1 Å². The van der Waals surface area contributed by atoms with E-state index in [2.05, 4.69) is 10.2 Å². The van der Waals surface area contributed by atoms with Crippen molar-refractivity contribution in [3.8, 4) is 6.07 Å². The molecule has 3 rings (SSSR count). The lowest BCUT2D eigenvalue weighted by Crippen LogP contribution is -2.13. The molecule has 0 saturated heterocycles. The van der Waals surface area contributed by atoms with Crippen molar-refractivity contribution in [1.82, 2.24) is 10.2 Å². The second-order valence-corrected chi connectivity index (χ2v) is 3.54. The Morgan fingerprint density at radius 3 is 3.08 bits per heavy atom. The van der Waals surface area contributed by atoms with Crippen molar-refractivity contribution in [1.29, 1.82) is 5.26 Å². The first-order valence-electron chi connectivity index (χ1n) is 4.03. The summed E-state index contributed by atoms with van der Waals surface area (Å²) in [5.74, 6) is -3.50. The van der Waals surface area contributed by atoms with Gasteiger partial charge in [-0.3, -0.25) is 5.10 Å². The van der Waals surface area contributed by atoms with Gasteiger partial charge in [0.25, 0.3) is 5.92 Å². The van der Waals surface area contributed by atoms with Crippen LogP contribution in [0.4, 0.5) is 8.78 Å². The van der Waals surface area contributed by atoms with Crippen LogP contribution in [-0.2, 0) is 5.92 Å². The van der Waals surface area contributed by atoms with E-state index in [9.17, 15) is 8.78 Å². The van der Waals surface area contributed by atoms with Gasteiger partial charge < -0.3 is 0 Å². The molecule has 0 spiro atoms. The number of nitrogens with one attached hydrogen (secondary N) is 1. The number of hydrogen-bond acceptors (Lipinski definition) is 2. The van der Waals surface area contributed by atoms with Crippen LogP contribution in [-0.4, -0.2) is 10.2 Å². The fraction of sp³-hybridized carbons (Fsp3) is 0.500. The van der Waals surface area contributed by atoms with E-state index in [0.29, 0.717) is 12.0 Å². The van der Waals surface area contributed by atoms with E-state index in [4.69, 9.17) is 5.26 Å². The topological polar surface area (TPSA) is 52.5 Å². The Morgan fingerprint density at radius 1 is 1.62 bits per heavy atom. The molecule has 1 aromatic heterocycles. The summed E-state index contributed by atoms with van der Waals surface area (Å²) in [6, 6.07) is 1.83. The number of aromatic amines is 1. The predicted octanol–water partition coefficient (Wildman–Crippen LogP) is 1.49. The van der Waals surface area contributed by atoms with Gasteiger partial charge in [-0.1, -0.05) is 0 Å². The molecule has 66 valence electrons. The molecular formula is C8H5F2N3. The van der Waals surface area contributed by atoms with Crippen LogP contribution >= 0.6 is 0 Å². The maximum Gasteiger partial charge on any atom is 0.292 e. The zero-order valence-corrected chi connectivity index (χ0v) is 6.51. The van der Waals surface area contributed by atoms with Gasteiger partial charge in [0.1, 0.15) is 11.8 Å². The molecule has 1 unspecified atom stereocenters. The minimum Gasteiger partial charge on any atom is -0.275 e. The Morgan fingerprint density at radius 2 is 2.38 bits per heavy atom. The van der Waals surface area contributed by atoms with Gasteiger partial charge in [0.05, 0.1) is 0 Å². The summed E-state index contributed by atoms with van der Waals surface area (Å²) < 4.78 is 26.7. The molecule has 1 aromatic rings. The van der Waals surface area contributed by atoms with Crippen LogP contribution in [0.25, 0.3) is 0 Å². The lowest BCUT2D eigenvalue weighted by atomic mass is 10.1. The Kier molecular flexibility index (Phi) is 0.938. The molecule has 1 saturated carbocycles. The van der Waals surface area contributed by atoms with Gasteiger partial charge in [0.15, 0.2) is 5.69 Å². The van der Waals surface area contributed by atoms with Crippen LogP contribution in [0.15, 0.2) is 0 Å². The highest BCUT2D eigenvalue weighted by molar-refractivity contribution is 5.48. The molecule has 0 radical (unpaired) electrons. The van der Waals surface area contributed by atoms with Crippen LogP contribution in [0.5, 0.6) is 0 Å². The second-order valence-electron chi connectivity index (χ2n) is 3.54. The molecule has 2 atom stereocenters. The normalized spacial score (nSPS) is 32.1. The smallest absolute Gasteiger partial charge is 0.275 e. The standard InChI is InChI=1S/C8H5F2N3/c9-8(10)4-1-3(4)6-5(2-11)12-13-7(6)8/h3-4H,1H2,(H,12,13)/t3-,4?/m0/s1. The molecular weight excluding hydrogens is 176 g/mol. The van der Waals surface area contributed by atoms with Gasteiger partial charge >= 0.3 is 0 Å². The van der Waals surface area contributed by atoms with E-state index >= 15 is 0 Å². The number of H-pyrrole nitrogens is 1. The summed E-state index contributed by atoms with van der Waals surface area (Å²) in [6.07, 6.45) is 0.494. The minimum atomic E-state index is -2.79. The van der Waals surface area contributed by atoms with Crippen molar-refractivity contribution in [2.45, 2.75) is 18.3 Å². The number of aromatic nitrogens is 2. The van der Waals surface area contributed by atoms with Crippen LogP contribution in [0.1, 0.15) is 29.3 Å². The molecule has 13 heavy (non-hydrogen) atoms. The average molecular weight is 181 g/mol. The van der Waals surface area contributed by atoms with Gasteiger partial charge in [-0.05, 0) is 12.3 Å². The van der Waals surface area contributed by atoms with E-state index in [1.165, 1.54) is 0 Å². The molecule has 1 heterocycles. The first kappa shape index (κ1) is 7.01. The summed E-state index contributed by atoms with van der Waals surface area (Å²) in [6.45, 7) is 0. The first-order chi connectivity index (χ1) is 6.16. The van der Waals surface area contributed by atoms with Crippen LogP contribution in [0, 0.1) is 17.2 Å². The second kappa shape index (κ2) is 1.74. The summed E-state index contributed by atoms with van der Waals surface area (Å²) >= 11 is 0. The molecule has 2 aliphatic carbocycles. The largest absolute Gasteiger partial charge is 0.292 e. The van der Waals surface area contributed by atoms with Crippen molar-refractivity contribution in [3.05, 3.63) is 17.0 Å². The van der Waals surface area contributed by atoms with Crippen molar-refractivity contribution in [2.24, 2.45) is 5.92 Å². The van der Waals surface area contributed by atoms with Gasteiger partial charge in [-0.15, -0.1) is 0 Å². The summed E-state index contributed by atoms with van der Waals surface area (Å²) in [5, 5.41) is 14.4. The number of halogens is 2. The summed E-state index contributed by atoms with van der Waals surface area (Å²) in [4.78, 5) is 0. The average Bonchev–Trinajstić information content (AvgIpc) is 2.71. The highest BCUT2D eigenvalue weighted by atomic mass is 19.3. The molecule has 0 bridgehead atoms. The lowest BCUT2D eigenvalue weighted by Gasteiger charge is -2.09. The monoisotopic (exact) mass is 181 g/mol. The number of nitriles is 1. The molecule has 1 fully saturated rings. The van der Waals surface area contributed by atoms with E-state index < -0.39 is 11.8 Å². The zero-order chi connectivity index (χ0) is 9.22. The number of nitrogens with zero attached hydrogens (tertiary/aromatic N) is 2. The molecule has 2 aliphatic rings. The number of hydrogen-bond donors (Lipinski definition) is 1. The van der Waals surface area contributed by atoms with E-state index in [1.807, 2.05) is 6.07 Å². The van der Waals surface area contributed by atoms with Crippen molar-refractivity contribution in [2.75, 3.05) is 0 Å². The number of fused-ring (bicyclic) bond motifs is 3. The molecule has 1 N–H and O–H groups in total. The molecule has 3 nitrogen and oxygen atoms in total. The minimum absolute atomic E-state index is 0.126. The predicted molar refractivity (Wildman–Crippen MR) is 38.0 cm³/mol. The Bertz CT molecular complexity index is 429. The maximum atomic E-state index is 13.3. The molecule has 0 aromatic carbocycles. The van der Waals surface area contributed by atoms with Crippen LogP contribution in [0.3, 0.4) is 0 Å². The first-order valence-corrected chi connectivity index (χ1v) is 4.03. The third-order valence-corrected chi connectivity index (χ3v) is 2.87. The fourth-order valence-corrected chi connectivity index (χ4v) is 2.15. The SMILES string of the molecule is N#Cc1n[nH]c2c1[C@H]1CC1C2(F)F. The third kappa shape index (κ3) is 0.612. The van der Waals surface area contributed by atoms with Gasteiger partial charge in [-0.25, -0.2) is 0 Å². The van der Waals surface area contributed by atoms with Crippen molar-refractivity contribution >= 4 is 0 Å². The quantitative estimate of drug-likeness (QED) is 0.659. The summed E-state index contributed by atoms with van der Waals surface area (Å²) in [5.41, 5.74) is 0.461. The lowest BCUT2D eigenvalue weighted by molar-refractivity contribution is -0.0268. The molecule has 5 heteroatoms. The van der Waals surface area contributed by atoms with Crippen LogP contribution < -0.4 is 0 Å². The van der Waals surface area contributed by atoms with E-state index in [-0.39, 0.29) is 17.3 Å². The fourth-order valence-electron chi connectivity index (χ4n) is 2.15. The summed E-state index contributed by atoms with van der Waals surface area (Å²) in [7, 11) is 0. The van der Waals surface area contributed by atoms with Crippen LogP contribution in [0.2, 0.25) is 0 Å². The Balaban J connectivity index is 2.26. The Labute approximate surface area is 72.4 Å². The van der Waals surface area contributed by atoms with E-state index in [1.54, 1.807) is 0 Å². The third-order valence-electron chi connectivity index (χ3n) is 2.87. The highest BCUT2D eigenvalue weighted by Gasteiger charge is 2.65. The molecule has 0 aliphatic heterocycles. The Hall–Kier alpha value is -1.44. The van der Waals surface area contributed by atoms with Gasteiger partial charge in [0, 0.05) is 11.5 Å². The zero-order valence-electron chi connectivity index (χ0n) is 6.51. The van der Waals surface area contributed by atoms with Gasteiger partial charge in [0.2, 0.25) is 0 Å². The highest BCUT2D eigenvalue weighted by Crippen LogP contribution is 2.66. The van der Waals surface area contributed by atoms with E-state index in [0.717, 1.165) is 0 Å². The maximum absolute atomic E-state index is 13.3. The van der Waals surface area contributed by atoms with Crippen molar-refractivity contribution < 1.29 is 8.78 Å².